The summed E-state index contributed by atoms with van der Waals surface area (Å²) in [5, 5.41) is 4.32. The number of halogens is 1. The molecule has 1 N–H and O–H groups in total. The molecular formula is C22H23ClN2O3S. The number of methoxy groups -OCH3 is 1. The van der Waals surface area contributed by atoms with Crippen molar-refractivity contribution in [3.8, 4) is 11.5 Å². The molecule has 0 aliphatic rings. The first-order chi connectivity index (χ1) is 14.0. The van der Waals surface area contributed by atoms with Gasteiger partial charge < -0.3 is 14.8 Å². The molecule has 152 valence electrons. The summed E-state index contributed by atoms with van der Waals surface area (Å²) in [6.07, 6.45) is 3.84. The summed E-state index contributed by atoms with van der Waals surface area (Å²) in [5.74, 6) is 0.854. The highest BCUT2D eigenvalue weighted by Gasteiger charge is 2.13. The van der Waals surface area contributed by atoms with Crippen molar-refractivity contribution in [1.29, 1.82) is 0 Å². The van der Waals surface area contributed by atoms with E-state index in [1.165, 1.54) is 6.08 Å². The molecule has 1 amide bonds. The number of carbonyl (C=O) groups excluding carboxylic acids is 1. The molecule has 0 bridgehead atoms. The van der Waals surface area contributed by atoms with Crippen molar-refractivity contribution >= 4 is 45.1 Å². The third-order valence-corrected chi connectivity index (χ3v) is 5.39. The first-order valence-corrected chi connectivity index (χ1v) is 10.5. The summed E-state index contributed by atoms with van der Waals surface area (Å²) in [7, 11) is 1.56. The Kier molecular flexibility index (Phi) is 7.12. The summed E-state index contributed by atoms with van der Waals surface area (Å²) in [6.45, 7) is 4.36. The largest absolute Gasteiger partial charge is 0.493 e. The van der Waals surface area contributed by atoms with Crippen molar-refractivity contribution in [2.24, 2.45) is 0 Å². The van der Waals surface area contributed by atoms with Gasteiger partial charge >= 0.3 is 0 Å². The maximum absolute atomic E-state index is 12.1. The normalized spacial score (nSPS) is 11.3. The van der Waals surface area contributed by atoms with Gasteiger partial charge in [0, 0.05) is 19.0 Å². The van der Waals surface area contributed by atoms with Gasteiger partial charge in [0.15, 0.2) is 11.5 Å². The molecule has 29 heavy (non-hydrogen) atoms. The first kappa shape index (κ1) is 21.1. The Morgan fingerprint density at radius 2 is 2.10 bits per heavy atom. The minimum Gasteiger partial charge on any atom is -0.493 e. The maximum atomic E-state index is 12.1. The van der Waals surface area contributed by atoms with E-state index in [2.05, 4.69) is 16.4 Å². The van der Waals surface area contributed by atoms with Gasteiger partial charge in [0.25, 0.3) is 0 Å². The second kappa shape index (κ2) is 9.76. The van der Waals surface area contributed by atoms with Gasteiger partial charge in [0.05, 0.1) is 33.5 Å². The van der Waals surface area contributed by atoms with E-state index in [-0.39, 0.29) is 12.0 Å². The highest BCUT2D eigenvalue weighted by atomic mass is 35.5. The number of rotatable bonds is 8. The molecule has 2 aromatic carbocycles. The standard InChI is InChI=1S/C22H23ClN2O3S/c1-14(2)28-22-16(23)12-15(13-18(22)27-3)8-9-20(26)24-11-10-21-25-17-6-4-5-7-19(17)29-21/h4-9,12-14H,10-11H2,1-3H3,(H,24,26)/b9-8+. The van der Waals surface area contributed by atoms with Crippen LogP contribution in [-0.2, 0) is 11.2 Å². The lowest BCUT2D eigenvalue weighted by Gasteiger charge is -2.15. The van der Waals surface area contributed by atoms with Crippen molar-refractivity contribution in [3.05, 3.63) is 58.1 Å². The van der Waals surface area contributed by atoms with Crippen LogP contribution in [0, 0.1) is 0 Å². The lowest BCUT2D eigenvalue weighted by molar-refractivity contribution is -0.116. The molecule has 0 atom stereocenters. The van der Waals surface area contributed by atoms with E-state index in [9.17, 15) is 4.79 Å². The molecule has 3 rings (SSSR count). The van der Waals surface area contributed by atoms with Crippen LogP contribution in [0.4, 0.5) is 0 Å². The van der Waals surface area contributed by atoms with Crippen molar-refractivity contribution < 1.29 is 14.3 Å². The Bertz CT molecular complexity index is 997. The number of amides is 1. The van der Waals surface area contributed by atoms with Crippen LogP contribution in [-0.4, -0.2) is 30.6 Å². The molecule has 3 aromatic rings. The average Bonchev–Trinajstić information content (AvgIpc) is 3.10. The number of ether oxygens (including phenoxy) is 2. The minimum absolute atomic E-state index is 0.0241. The van der Waals surface area contributed by atoms with E-state index >= 15 is 0 Å². The molecule has 1 heterocycles. The van der Waals surface area contributed by atoms with Gasteiger partial charge in [-0.1, -0.05) is 23.7 Å². The molecule has 5 nitrogen and oxygen atoms in total. The molecular weight excluding hydrogens is 408 g/mol. The van der Waals surface area contributed by atoms with Crippen LogP contribution < -0.4 is 14.8 Å². The highest BCUT2D eigenvalue weighted by Crippen LogP contribution is 2.37. The third-order valence-electron chi connectivity index (χ3n) is 4.01. The van der Waals surface area contributed by atoms with E-state index in [0.717, 1.165) is 20.8 Å². The van der Waals surface area contributed by atoms with E-state index in [1.54, 1.807) is 36.7 Å². The molecule has 0 saturated carbocycles. The number of fused-ring (bicyclic) bond motifs is 1. The van der Waals surface area contributed by atoms with Crippen LogP contribution in [0.3, 0.4) is 0 Å². The van der Waals surface area contributed by atoms with Crippen LogP contribution >= 0.6 is 22.9 Å². The number of para-hydroxylation sites is 1. The number of thiazole rings is 1. The molecule has 0 saturated heterocycles. The number of hydrogen-bond acceptors (Lipinski definition) is 5. The number of benzene rings is 2. The van der Waals surface area contributed by atoms with Crippen LogP contribution in [0.25, 0.3) is 16.3 Å². The number of hydrogen-bond donors (Lipinski definition) is 1. The smallest absolute Gasteiger partial charge is 0.244 e. The number of nitrogens with zero attached hydrogens (tertiary/aromatic N) is 1. The van der Waals surface area contributed by atoms with Crippen molar-refractivity contribution in [1.82, 2.24) is 10.3 Å². The van der Waals surface area contributed by atoms with Crippen molar-refractivity contribution in [2.75, 3.05) is 13.7 Å². The van der Waals surface area contributed by atoms with Gasteiger partial charge in [-0.15, -0.1) is 11.3 Å². The highest BCUT2D eigenvalue weighted by molar-refractivity contribution is 7.18. The Labute approximate surface area is 179 Å². The monoisotopic (exact) mass is 430 g/mol. The summed E-state index contributed by atoms with van der Waals surface area (Å²) >= 11 is 7.96. The van der Waals surface area contributed by atoms with Gasteiger partial charge in [-0.05, 0) is 49.8 Å². The summed E-state index contributed by atoms with van der Waals surface area (Å²) in [5.41, 5.74) is 1.75. The predicted octanol–water partition coefficient (Wildman–Crippen LogP) is 5.12. The van der Waals surface area contributed by atoms with Crippen LogP contribution in [0.5, 0.6) is 11.5 Å². The zero-order valence-corrected chi connectivity index (χ0v) is 18.1. The van der Waals surface area contributed by atoms with Gasteiger partial charge in [0.2, 0.25) is 5.91 Å². The van der Waals surface area contributed by atoms with Gasteiger partial charge in [0.1, 0.15) is 0 Å². The summed E-state index contributed by atoms with van der Waals surface area (Å²) in [4.78, 5) is 16.7. The zero-order chi connectivity index (χ0) is 20.8. The van der Waals surface area contributed by atoms with Gasteiger partial charge in [-0.25, -0.2) is 4.98 Å². The lowest BCUT2D eigenvalue weighted by Crippen LogP contribution is -2.23. The Morgan fingerprint density at radius 3 is 2.83 bits per heavy atom. The molecule has 0 radical (unpaired) electrons. The van der Waals surface area contributed by atoms with Crippen LogP contribution in [0.2, 0.25) is 5.02 Å². The third kappa shape index (κ3) is 5.71. The fraction of sp³-hybridized carbons (Fsp3) is 0.273. The molecule has 0 unspecified atom stereocenters. The quantitative estimate of drug-likeness (QED) is 0.504. The SMILES string of the molecule is COc1cc(/C=C/C(=O)NCCc2nc3ccccc3s2)cc(Cl)c1OC(C)C. The maximum Gasteiger partial charge on any atom is 0.244 e. The van der Waals surface area contributed by atoms with Gasteiger partial charge in [-0.3, -0.25) is 4.79 Å². The second-order valence-electron chi connectivity index (χ2n) is 6.65. The predicted molar refractivity (Wildman–Crippen MR) is 119 cm³/mol. The van der Waals surface area contributed by atoms with Crippen molar-refractivity contribution in [2.45, 2.75) is 26.4 Å². The topological polar surface area (TPSA) is 60.5 Å². The molecule has 7 heteroatoms. The first-order valence-electron chi connectivity index (χ1n) is 9.31. The van der Waals surface area contributed by atoms with Crippen molar-refractivity contribution in [3.63, 3.8) is 0 Å². The van der Waals surface area contributed by atoms with E-state index in [1.807, 2.05) is 32.0 Å². The molecule has 1 aromatic heterocycles. The molecule has 0 aliphatic heterocycles. The van der Waals surface area contributed by atoms with E-state index in [4.69, 9.17) is 21.1 Å². The molecule has 0 fully saturated rings. The number of carbonyl (C=O) groups is 1. The Hall–Kier alpha value is -2.57. The Morgan fingerprint density at radius 1 is 1.31 bits per heavy atom. The second-order valence-corrected chi connectivity index (χ2v) is 8.17. The van der Waals surface area contributed by atoms with E-state index < -0.39 is 0 Å². The lowest BCUT2D eigenvalue weighted by atomic mass is 10.2. The minimum atomic E-state index is -0.177. The zero-order valence-electron chi connectivity index (χ0n) is 16.6. The van der Waals surface area contributed by atoms with Crippen LogP contribution in [0.15, 0.2) is 42.5 Å². The van der Waals surface area contributed by atoms with Crippen LogP contribution in [0.1, 0.15) is 24.4 Å². The average molecular weight is 431 g/mol. The number of aromatic nitrogens is 1. The fourth-order valence-corrected chi connectivity index (χ4v) is 3.97. The molecule has 0 spiro atoms. The fourth-order valence-electron chi connectivity index (χ4n) is 2.74. The van der Waals surface area contributed by atoms with E-state index in [0.29, 0.717) is 29.5 Å². The summed E-state index contributed by atoms with van der Waals surface area (Å²) < 4.78 is 12.2. The van der Waals surface area contributed by atoms with Gasteiger partial charge in [-0.2, -0.15) is 0 Å². The molecule has 0 aliphatic carbocycles. The summed E-state index contributed by atoms with van der Waals surface area (Å²) in [6, 6.07) is 11.5. The Balaban J connectivity index is 1.57. The number of nitrogens with one attached hydrogen (secondary N) is 1.